The number of likely N-dealkylation sites (N-methyl/N-ethyl adjacent to an activating group) is 1. The van der Waals surface area contributed by atoms with Crippen LogP contribution in [0.4, 0.5) is 0 Å². The highest BCUT2D eigenvalue weighted by Crippen LogP contribution is 2.38. The van der Waals surface area contributed by atoms with Gasteiger partial charge >= 0.3 is 11.9 Å². The van der Waals surface area contributed by atoms with Crippen molar-refractivity contribution in [3.8, 4) is 0 Å². The Labute approximate surface area is 118 Å². The molecule has 1 aromatic rings. The van der Waals surface area contributed by atoms with Gasteiger partial charge in [-0.2, -0.15) is 0 Å². The summed E-state index contributed by atoms with van der Waals surface area (Å²) in [6.07, 6.45) is 0. The van der Waals surface area contributed by atoms with Crippen molar-refractivity contribution in [1.82, 2.24) is 4.90 Å². The maximum Gasteiger partial charge on any atom is 0.323 e. The number of carbonyl (C=O) groups is 2. The smallest absolute Gasteiger partial charge is 0.323 e. The highest BCUT2D eigenvalue weighted by molar-refractivity contribution is 5.82. The topological polar surface area (TPSA) is 55.8 Å². The fourth-order valence-corrected chi connectivity index (χ4v) is 2.94. The molecule has 1 fully saturated rings. The van der Waals surface area contributed by atoms with E-state index < -0.39 is 6.04 Å². The van der Waals surface area contributed by atoms with Gasteiger partial charge in [0.05, 0.1) is 20.1 Å². The van der Waals surface area contributed by atoms with E-state index in [2.05, 4.69) is 0 Å². The van der Waals surface area contributed by atoms with E-state index >= 15 is 0 Å². The Kier molecular flexibility index (Phi) is 4.39. The Morgan fingerprint density at radius 2 is 1.70 bits per heavy atom. The number of rotatable bonds is 3. The van der Waals surface area contributed by atoms with Gasteiger partial charge in [-0.1, -0.05) is 30.3 Å². The molecule has 1 aliphatic rings. The molecule has 0 bridgehead atoms. The lowest BCUT2D eigenvalue weighted by atomic mass is 9.84. The second kappa shape index (κ2) is 6.05. The summed E-state index contributed by atoms with van der Waals surface area (Å²) in [4.78, 5) is 25.9. The van der Waals surface area contributed by atoms with E-state index in [1.54, 1.807) is 0 Å². The predicted molar refractivity (Wildman–Crippen MR) is 73.1 cm³/mol. The number of esters is 2. The van der Waals surface area contributed by atoms with Crippen LogP contribution in [0.15, 0.2) is 30.3 Å². The molecule has 1 aromatic carbocycles. The summed E-state index contributed by atoms with van der Waals surface area (Å²) in [5.41, 5.74) is 0.947. The number of hydrogen-bond acceptors (Lipinski definition) is 5. The largest absolute Gasteiger partial charge is 0.469 e. The number of ether oxygens (including phenoxy) is 2. The molecule has 0 N–H and O–H groups in total. The van der Waals surface area contributed by atoms with Crippen molar-refractivity contribution in [2.45, 2.75) is 12.0 Å². The monoisotopic (exact) mass is 277 g/mol. The van der Waals surface area contributed by atoms with E-state index in [9.17, 15) is 9.59 Å². The van der Waals surface area contributed by atoms with Crippen LogP contribution in [0.5, 0.6) is 0 Å². The zero-order valence-corrected chi connectivity index (χ0v) is 11.9. The first-order valence-electron chi connectivity index (χ1n) is 6.51. The number of nitrogens with zero attached hydrogens (tertiary/aromatic N) is 1. The van der Waals surface area contributed by atoms with Crippen molar-refractivity contribution in [3.05, 3.63) is 35.9 Å². The second-order valence-corrected chi connectivity index (χ2v) is 4.97. The van der Waals surface area contributed by atoms with Gasteiger partial charge in [0.1, 0.15) is 6.04 Å². The molecule has 2 rings (SSSR count). The Morgan fingerprint density at radius 1 is 1.10 bits per heavy atom. The van der Waals surface area contributed by atoms with Crippen molar-refractivity contribution < 1.29 is 19.1 Å². The van der Waals surface area contributed by atoms with Gasteiger partial charge in [-0.3, -0.25) is 14.5 Å². The quantitative estimate of drug-likeness (QED) is 0.773. The van der Waals surface area contributed by atoms with Gasteiger partial charge in [0, 0.05) is 12.5 Å². The minimum Gasteiger partial charge on any atom is -0.469 e. The molecule has 1 saturated heterocycles. The van der Waals surface area contributed by atoms with Crippen molar-refractivity contribution in [2.24, 2.45) is 5.92 Å². The maximum atomic E-state index is 12.0. The molecule has 0 aromatic heterocycles. The van der Waals surface area contributed by atoms with Crippen LogP contribution in [0.1, 0.15) is 11.5 Å². The summed E-state index contributed by atoms with van der Waals surface area (Å²) in [5, 5.41) is 0. The summed E-state index contributed by atoms with van der Waals surface area (Å²) in [7, 11) is 4.56. The number of methoxy groups -OCH3 is 2. The molecular weight excluding hydrogens is 258 g/mol. The number of hydrogen-bond donors (Lipinski definition) is 0. The molecule has 108 valence electrons. The number of benzene rings is 1. The van der Waals surface area contributed by atoms with E-state index in [-0.39, 0.29) is 23.8 Å². The molecule has 20 heavy (non-hydrogen) atoms. The third-order valence-corrected chi connectivity index (χ3v) is 3.86. The molecule has 1 aliphatic heterocycles. The summed E-state index contributed by atoms with van der Waals surface area (Å²) in [6.45, 7) is 0.478. The normalized spacial score (nSPS) is 26.2. The van der Waals surface area contributed by atoms with E-state index in [4.69, 9.17) is 9.47 Å². The lowest BCUT2D eigenvalue weighted by Gasteiger charge is -2.23. The van der Waals surface area contributed by atoms with Gasteiger partial charge in [0.2, 0.25) is 0 Å². The molecule has 0 radical (unpaired) electrons. The highest BCUT2D eigenvalue weighted by Gasteiger charge is 2.48. The molecule has 0 unspecified atom stereocenters. The summed E-state index contributed by atoms with van der Waals surface area (Å²) in [5.74, 6) is -1.23. The first-order valence-corrected chi connectivity index (χ1v) is 6.51. The average Bonchev–Trinajstić information content (AvgIpc) is 2.84. The van der Waals surface area contributed by atoms with Crippen LogP contribution < -0.4 is 0 Å². The van der Waals surface area contributed by atoms with E-state index in [0.29, 0.717) is 6.54 Å². The van der Waals surface area contributed by atoms with Gasteiger partial charge in [-0.25, -0.2) is 0 Å². The molecule has 5 nitrogen and oxygen atoms in total. The van der Waals surface area contributed by atoms with Crippen molar-refractivity contribution >= 4 is 11.9 Å². The van der Waals surface area contributed by atoms with Crippen molar-refractivity contribution in [3.63, 3.8) is 0 Å². The fraction of sp³-hybridized carbons (Fsp3) is 0.467. The second-order valence-electron chi connectivity index (χ2n) is 4.97. The van der Waals surface area contributed by atoms with Crippen LogP contribution in [0, 0.1) is 5.92 Å². The predicted octanol–water partition coefficient (Wildman–Crippen LogP) is 1.05. The Hall–Kier alpha value is -1.88. The van der Waals surface area contributed by atoms with Gasteiger partial charge in [0.25, 0.3) is 0 Å². The third-order valence-electron chi connectivity index (χ3n) is 3.86. The van der Waals surface area contributed by atoms with Crippen LogP contribution in [-0.2, 0) is 19.1 Å². The molecule has 0 aliphatic carbocycles. The number of carbonyl (C=O) groups excluding carboxylic acids is 2. The SMILES string of the molecule is COC(=O)[C@H]1CN(C)[C@@H](C(=O)OC)[C@@H]1c1ccccc1. The van der Waals surface area contributed by atoms with Crippen LogP contribution in [0.3, 0.4) is 0 Å². The summed E-state index contributed by atoms with van der Waals surface area (Å²) in [6, 6.07) is 9.09. The van der Waals surface area contributed by atoms with Crippen molar-refractivity contribution in [1.29, 1.82) is 0 Å². The Balaban J connectivity index is 2.41. The van der Waals surface area contributed by atoms with Crippen LogP contribution in [0.2, 0.25) is 0 Å². The standard InChI is InChI=1S/C15H19NO4/c1-16-9-11(14(17)19-2)12(13(16)15(18)20-3)10-7-5-4-6-8-10/h4-8,11-13H,9H2,1-3H3/t11-,12+,13+/m0/s1. The van der Waals surface area contributed by atoms with Crippen LogP contribution in [0.25, 0.3) is 0 Å². The number of likely N-dealkylation sites (tertiary alicyclic amines) is 1. The maximum absolute atomic E-state index is 12.0. The molecule has 0 saturated carbocycles. The third kappa shape index (κ3) is 2.54. The minimum absolute atomic E-state index is 0.249. The molecule has 0 spiro atoms. The highest BCUT2D eigenvalue weighted by atomic mass is 16.5. The van der Waals surface area contributed by atoms with Crippen molar-refractivity contribution in [2.75, 3.05) is 27.8 Å². The average molecular weight is 277 g/mol. The molecule has 0 amide bonds. The van der Waals surface area contributed by atoms with E-state index in [1.807, 2.05) is 42.3 Å². The van der Waals surface area contributed by atoms with Gasteiger partial charge < -0.3 is 9.47 Å². The van der Waals surface area contributed by atoms with Crippen LogP contribution >= 0.6 is 0 Å². The molecule has 3 atom stereocenters. The molecular formula is C15H19NO4. The van der Waals surface area contributed by atoms with Gasteiger partial charge in [-0.15, -0.1) is 0 Å². The first kappa shape index (κ1) is 14.5. The zero-order valence-electron chi connectivity index (χ0n) is 11.9. The van der Waals surface area contributed by atoms with E-state index in [0.717, 1.165) is 5.56 Å². The van der Waals surface area contributed by atoms with Gasteiger partial charge in [0.15, 0.2) is 0 Å². The molecule has 5 heteroatoms. The lowest BCUT2D eigenvalue weighted by Crippen LogP contribution is -2.37. The van der Waals surface area contributed by atoms with E-state index in [1.165, 1.54) is 14.2 Å². The summed E-state index contributed by atoms with van der Waals surface area (Å²) < 4.78 is 9.76. The lowest BCUT2D eigenvalue weighted by molar-refractivity contribution is -0.146. The Morgan fingerprint density at radius 3 is 2.25 bits per heavy atom. The summed E-state index contributed by atoms with van der Waals surface area (Å²) >= 11 is 0. The van der Waals surface area contributed by atoms with Gasteiger partial charge in [-0.05, 0) is 12.6 Å². The zero-order chi connectivity index (χ0) is 14.7. The fourth-order valence-electron chi connectivity index (χ4n) is 2.94. The van der Waals surface area contributed by atoms with Crippen LogP contribution in [-0.4, -0.2) is 50.7 Å². The Bertz CT molecular complexity index is 488. The minimum atomic E-state index is -0.466. The molecule has 1 heterocycles. The first-order chi connectivity index (χ1) is 9.60.